The Kier molecular flexibility index (Phi) is 5.20. The third kappa shape index (κ3) is 3.80. The maximum atomic E-state index is 12.4. The van der Waals surface area contributed by atoms with Gasteiger partial charge in [0.2, 0.25) is 11.8 Å². The fourth-order valence-corrected chi connectivity index (χ4v) is 2.65. The van der Waals surface area contributed by atoms with E-state index in [0.29, 0.717) is 18.0 Å². The summed E-state index contributed by atoms with van der Waals surface area (Å²) in [6, 6.07) is 7.03. The third-order valence-corrected chi connectivity index (χ3v) is 3.88. The third-order valence-electron chi connectivity index (χ3n) is 3.88. The molecule has 1 aliphatic rings. The van der Waals surface area contributed by atoms with Crippen molar-refractivity contribution >= 4 is 23.5 Å². The summed E-state index contributed by atoms with van der Waals surface area (Å²) in [5, 5.41) is 8.85. The predicted molar refractivity (Wildman–Crippen MR) is 83.3 cm³/mol. The van der Waals surface area contributed by atoms with Crippen molar-refractivity contribution in [1.29, 1.82) is 0 Å². The first-order valence-corrected chi connectivity index (χ1v) is 7.41. The Morgan fingerprint density at radius 2 is 2.00 bits per heavy atom. The lowest BCUT2D eigenvalue weighted by molar-refractivity contribution is -0.146. The van der Waals surface area contributed by atoms with E-state index in [0.717, 1.165) is 0 Å². The van der Waals surface area contributed by atoms with E-state index in [1.54, 1.807) is 43.2 Å². The van der Waals surface area contributed by atoms with Crippen molar-refractivity contribution in [2.45, 2.75) is 13.3 Å². The highest BCUT2D eigenvalue weighted by atomic mass is 16.5. The maximum absolute atomic E-state index is 12.4. The second kappa shape index (κ2) is 7.13. The maximum Gasteiger partial charge on any atom is 0.323 e. The van der Waals surface area contributed by atoms with E-state index in [1.807, 2.05) is 0 Å². The first kappa shape index (κ1) is 16.8. The van der Waals surface area contributed by atoms with Crippen molar-refractivity contribution < 1.29 is 24.2 Å². The lowest BCUT2D eigenvalue weighted by Gasteiger charge is -2.22. The molecule has 124 valence electrons. The number of ether oxygens (including phenoxy) is 1. The molecule has 0 aliphatic carbocycles. The van der Waals surface area contributed by atoms with Gasteiger partial charge >= 0.3 is 5.97 Å². The van der Waals surface area contributed by atoms with E-state index >= 15 is 0 Å². The van der Waals surface area contributed by atoms with Gasteiger partial charge in [0.1, 0.15) is 12.3 Å². The molecule has 0 bridgehead atoms. The number of rotatable bonds is 6. The van der Waals surface area contributed by atoms with Crippen LogP contribution in [0.25, 0.3) is 0 Å². The molecular formula is C16H20N2O5. The van der Waals surface area contributed by atoms with Crippen LogP contribution in [0.4, 0.5) is 5.69 Å². The molecule has 1 heterocycles. The zero-order chi connectivity index (χ0) is 17.0. The number of aliphatic carboxylic acids is 1. The van der Waals surface area contributed by atoms with Gasteiger partial charge in [-0.25, -0.2) is 0 Å². The summed E-state index contributed by atoms with van der Waals surface area (Å²) in [6.07, 6.45) is 0.0982. The van der Waals surface area contributed by atoms with Crippen LogP contribution in [0.1, 0.15) is 13.3 Å². The fraction of sp³-hybridized carbons (Fsp3) is 0.438. The zero-order valence-corrected chi connectivity index (χ0v) is 13.2. The Morgan fingerprint density at radius 1 is 1.35 bits per heavy atom. The summed E-state index contributed by atoms with van der Waals surface area (Å²) in [5.41, 5.74) is 0.701. The van der Waals surface area contributed by atoms with Crippen molar-refractivity contribution in [3.63, 3.8) is 0 Å². The number of methoxy groups -OCH3 is 1. The topological polar surface area (TPSA) is 87.2 Å². The van der Waals surface area contributed by atoms with Crippen LogP contribution in [0.5, 0.6) is 5.75 Å². The molecule has 0 radical (unpaired) electrons. The van der Waals surface area contributed by atoms with E-state index in [4.69, 9.17) is 9.84 Å². The van der Waals surface area contributed by atoms with E-state index in [2.05, 4.69) is 0 Å². The molecule has 2 amide bonds. The molecule has 7 heteroatoms. The normalized spacial score (nSPS) is 17.2. The number of nitrogens with zero attached hydrogens (tertiary/aromatic N) is 2. The van der Waals surface area contributed by atoms with Crippen LogP contribution >= 0.6 is 0 Å². The second-order valence-corrected chi connectivity index (χ2v) is 5.35. The number of carbonyl (C=O) groups is 3. The van der Waals surface area contributed by atoms with Gasteiger partial charge < -0.3 is 19.6 Å². The summed E-state index contributed by atoms with van der Waals surface area (Å²) in [6.45, 7) is 1.94. The first-order chi connectivity index (χ1) is 11.0. The van der Waals surface area contributed by atoms with Gasteiger partial charge in [0.05, 0.1) is 13.0 Å². The van der Waals surface area contributed by atoms with Crippen LogP contribution in [0.15, 0.2) is 24.3 Å². The molecule has 23 heavy (non-hydrogen) atoms. The van der Waals surface area contributed by atoms with Crippen molar-refractivity contribution in [2.75, 3.05) is 31.6 Å². The minimum atomic E-state index is -1.06. The average molecular weight is 320 g/mol. The largest absolute Gasteiger partial charge is 0.497 e. The monoisotopic (exact) mass is 320 g/mol. The van der Waals surface area contributed by atoms with Gasteiger partial charge in [-0.05, 0) is 31.2 Å². The van der Waals surface area contributed by atoms with Crippen LogP contribution in [0, 0.1) is 5.92 Å². The number of hydrogen-bond acceptors (Lipinski definition) is 4. The second-order valence-electron chi connectivity index (χ2n) is 5.35. The lowest BCUT2D eigenvalue weighted by Crippen LogP contribution is -2.40. The predicted octanol–water partition coefficient (Wildman–Crippen LogP) is 0.981. The van der Waals surface area contributed by atoms with Gasteiger partial charge in [0.25, 0.3) is 0 Å². The molecule has 1 atom stereocenters. The van der Waals surface area contributed by atoms with E-state index in [9.17, 15) is 14.4 Å². The quantitative estimate of drug-likeness (QED) is 0.844. The summed E-state index contributed by atoms with van der Waals surface area (Å²) in [4.78, 5) is 38.2. The Labute approximate surface area is 134 Å². The molecule has 2 rings (SSSR count). The standard InChI is InChI=1S/C16H20N2O5/c1-3-17(10-15(20)21)16(22)11-8-14(19)18(9-11)12-4-6-13(23-2)7-5-12/h4-7,11H,3,8-10H2,1-2H3,(H,20,21). The molecule has 1 fully saturated rings. The van der Waals surface area contributed by atoms with Crippen LogP contribution in [0.3, 0.4) is 0 Å². The summed E-state index contributed by atoms with van der Waals surface area (Å²) in [5.74, 6) is -1.31. The molecule has 1 saturated heterocycles. The van der Waals surface area contributed by atoms with Gasteiger partial charge in [-0.3, -0.25) is 14.4 Å². The van der Waals surface area contributed by atoms with Gasteiger partial charge in [-0.15, -0.1) is 0 Å². The minimum Gasteiger partial charge on any atom is -0.497 e. The highest BCUT2D eigenvalue weighted by Gasteiger charge is 2.37. The first-order valence-electron chi connectivity index (χ1n) is 7.41. The number of anilines is 1. The molecule has 1 unspecified atom stereocenters. The molecule has 1 aliphatic heterocycles. The Hall–Kier alpha value is -2.57. The SMILES string of the molecule is CCN(CC(=O)O)C(=O)C1CC(=O)N(c2ccc(OC)cc2)C1. The highest BCUT2D eigenvalue weighted by molar-refractivity contribution is 6.00. The molecule has 1 aromatic carbocycles. The fourth-order valence-electron chi connectivity index (χ4n) is 2.65. The highest BCUT2D eigenvalue weighted by Crippen LogP contribution is 2.27. The number of amides is 2. The average Bonchev–Trinajstić information content (AvgIpc) is 2.93. The Bertz CT molecular complexity index is 599. The van der Waals surface area contributed by atoms with Crippen LogP contribution in [-0.4, -0.2) is 54.5 Å². The smallest absolute Gasteiger partial charge is 0.323 e. The molecule has 0 spiro atoms. The van der Waals surface area contributed by atoms with E-state index < -0.39 is 11.9 Å². The van der Waals surface area contributed by atoms with E-state index in [-0.39, 0.29) is 31.3 Å². The van der Waals surface area contributed by atoms with Gasteiger partial charge in [0, 0.05) is 25.2 Å². The molecule has 1 aromatic rings. The Morgan fingerprint density at radius 3 is 2.52 bits per heavy atom. The zero-order valence-electron chi connectivity index (χ0n) is 13.2. The van der Waals surface area contributed by atoms with Crippen LogP contribution < -0.4 is 9.64 Å². The lowest BCUT2D eigenvalue weighted by atomic mass is 10.1. The number of likely N-dealkylation sites (N-methyl/N-ethyl adjacent to an activating group) is 1. The molecular weight excluding hydrogens is 300 g/mol. The van der Waals surface area contributed by atoms with Crippen molar-refractivity contribution in [3.05, 3.63) is 24.3 Å². The van der Waals surface area contributed by atoms with Crippen LogP contribution in [0.2, 0.25) is 0 Å². The number of carbonyl (C=O) groups excluding carboxylic acids is 2. The molecule has 7 nitrogen and oxygen atoms in total. The van der Waals surface area contributed by atoms with Crippen molar-refractivity contribution in [3.8, 4) is 5.75 Å². The molecule has 0 aromatic heterocycles. The van der Waals surface area contributed by atoms with Crippen molar-refractivity contribution in [2.24, 2.45) is 5.92 Å². The Balaban J connectivity index is 2.09. The number of benzene rings is 1. The van der Waals surface area contributed by atoms with Gasteiger partial charge in [-0.2, -0.15) is 0 Å². The number of carboxylic acids is 1. The summed E-state index contributed by atoms with van der Waals surface area (Å²) in [7, 11) is 1.56. The van der Waals surface area contributed by atoms with Gasteiger partial charge in [0.15, 0.2) is 0 Å². The molecule has 1 N–H and O–H groups in total. The van der Waals surface area contributed by atoms with Gasteiger partial charge in [-0.1, -0.05) is 0 Å². The summed E-state index contributed by atoms with van der Waals surface area (Å²) >= 11 is 0. The summed E-state index contributed by atoms with van der Waals surface area (Å²) < 4.78 is 5.08. The number of hydrogen-bond donors (Lipinski definition) is 1. The van der Waals surface area contributed by atoms with Crippen molar-refractivity contribution in [1.82, 2.24) is 4.90 Å². The molecule has 0 saturated carbocycles. The van der Waals surface area contributed by atoms with E-state index in [1.165, 1.54) is 4.90 Å². The number of carboxylic acid groups (broad SMARTS) is 1. The minimum absolute atomic E-state index is 0.0982. The van der Waals surface area contributed by atoms with Crippen LogP contribution in [-0.2, 0) is 14.4 Å².